The van der Waals surface area contributed by atoms with Gasteiger partial charge < -0.3 is 29.5 Å². The molecule has 1 fully saturated rings. The molecule has 0 heterocycles. The first-order valence-electron chi connectivity index (χ1n) is 16.0. The normalized spacial score (nSPS) is 18.2. The van der Waals surface area contributed by atoms with E-state index in [0.29, 0.717) is 47.2 Å². The Morgan fingerprint density at radius 2 is 0.812 bits per heavy atom. The highest BCUT2D eigenvalue weighted by Crippen LogP contribution is 2.49. The summed E-state index contributed by atoms with van der Waals surface area (Å²) >= 11 is 0. The van der Waals surface area contributed by atoms with Crippen molar-refractivity contribution in [3.05, 3.63) is 109 Å². The summed E-state index contributed by atoms with van der Waals surface area (Å²) in [5.41, 5.74) is 0.964. The van der Waals surface area contributed by atoms with Gasteiger partial charge >= 0.3 is 11.9 Å². The molecular formula is C38H38N2O8. The molecule has 0 aliphatic heterocycles. The van der Waals surface area contributed by atoms with Crippen LogP contribution in [0.1, 0.15) is 26.7 Å². The molecule has 0 unspecified atom stereocenters. The topological polar surface area (TPSA) is 134 Å². The van der Waals surface area contributed by atoms with E-state index in [9.17, 15) is 29.4 Å². The fourth-order valence-corrected chi connectivity index (χ4v) is 6.15. The quantitative estimate of drug-likeness (QED) is 0.148. The average Bonchev–Trinajstić information content (AvgIpc) is 3.07. The number of ether oxygens (including phenoxy) is 2. The van der Waals surface area contributed by atoms with Crippen molar-refractivity contribution < 1.29 is 38.9 Å². The maximum absolute atomic E-state index is 14.3. The Morgan fingerprint density at radius 1 is 0.500 bits per heavy atom. The van der Waals surface area contributed by atoms with E-state index in [0.717, 1.165) is 0 Å². The first-order valence-corrected chi connectivity index (χ1v) is 16.0. The molecule has 4 aromatic rings. The maximum atomic E-state index is 14.3. The van der Waals surface area contributed by atoms with E-state index >= 15 is 0 Å². The largest absolute Gasteiger partial charge is 0.481 e. The maximum Gasteiger partial charge on any atom is 0.308 e. The van der Waals surface area contributed by atoms with Gasteiger partial charge in [-0.2, -0.15) is 0 Å². The van der Waals surface area contributed by atoms with E-state index in [4.69, 9.17) is 9.47 Å². The molecule has 0 spiro atoms. The first kappa shape index (κ1) is 33.7. The monoisotopic (exact) mass is 650 g/mol. The van der Waals surface area contributed by atoms with E-state index in [1.54, 1.807) is 48.5 Å². The number of carbonyl (C=O) groups is 4. The summed E-state index contributed by atoms with van der Waals surface area (Å²) in [7, 11) is 0. The highest BCUT2D eigenvalue weighted by Gasteiger charge is 2.65. The number of nitrogens with zero attached hydrogens (tertiary/aromatic N) is 2. The zero-order valence-electron chi connectivity index (χ0n) is 26.8. The molecule has 0 aromatic heterocycles. The van der Waals surface area contributed by atoms with Gasteiger partial charge in [0.1, 0.15) is 23.0 Å². The lowest BCUT2D eigenvalue weighted by Gasteiger charge is -2.48. The van der Waals surface area contributed by atoms with Crippen LogP contribution < -0.4 is 19.3 Å². The van der Waals surface area contributed by atoms with Crippen LogP contribution in [0.5, 0.6) is 23.0 Å². The smallest absolute Gasteiger partial charge is 0.308 e. The Labute approximate surface area is 279 Å². The Morgan fingerprint density at radius 3 is 1.10 bits per heavy atom. The van der Waals surface area contributed by atoms with Crippen LogP contribution in [0.4, 0.5) is 11.4 Å². The van der Waals surface area contributed by atoms with Gasteiger partial charge in [-0.15, -0.1) is 0 Å². The number of hydrogen-bond acceptors (Lipinski definition) is 6. The van der Waals surface area contributed by atoms with Crippen molar-refractivity contribution in [1.29, 1.82) is 0 Å². The van der Waals surface area contributed by atoms with Crippen molar-refractivity contribution in [3.8, 4) is 23.0 Å². The minimum Gasteiger partial charge on any atom is -0.481 e. The number of para-hydroxylation sites is 2. The second kappa shape index (κ2) is 15.3. The molecule has 1 aliphatic carbocycles. The lowest BCUT2D eigenvalue weighted by atomic mass is 9.55. The second-order valence-corrected chi connectivity index (χ2v) is 11.6. The minimum atomic E-state index is -1.57. The molecular weight excluding hydrogens is 612 g/mol. The van der Waals surface area contributed by atoms with Crippen LogP contribution in [0.3, 0.4) is 0 Å². The summed E-state index contributed by atoms with van der Waals surface area (Å²) in [4.78, 5) is 56.4. The molecule has 4 atom stereocenters. The van der Waals surface area contributed by atoms with Crippen molar-refractivity contribution in [2.75, 3.05) is 22.9 Å². The molecule has 2 amide bonds. The summed E-state index contributed by atoms with van der Waals surface area (Å²) in [6.07, 6.45) is 1.08. The van der Waals surface area contributed by atoms with E-state index in [1.807, 2.05) is 74.5 Å². The van der Waals surface area contributed by atoms with Gasteiger partial charge in [0, 0.05) is 24.5 Å². The molecule has 48 heavy (non-hydrogen) atoms. The molecule has 248 valence electrons. The van der Waals surface area contributed by atoms with Gasteiger partial charge in [-0.3, -0.25) is 19.2 Å². The van der Waals surface area contributed by atoms with Crippen molar-refractivity contribution >= 4 is 35.1 Å². The Kier molecular flexibility index (Phi) is 10.7. The molecule has 1 aliphatic rings. The van der Waals surface area contributed by atoms with Gasteiger partial charge in [0.15, 0.2) is 0 Å². The summed E-state index contributed by atoms with van der Waals surface area (Å²) < 4.78 is 11.7. The number of carboxylic acid groups (broad SMARTS) is 2. The van der Waals surface area contributed by atoms with Gasteiger partial charge in [0.05, 0.1) is 23.7 Å². The SMILES string of the molecule is CCCN(C(=O)[C@@H]1[C@H](C(=O)O)[C@@H](C(=O)O)[C@H]1C(=O)N(CCC)c1ccc(Oc2ccccc2)cc1)c1ccc(Oc2ccccc2)cc1. The van der Waals surface area contributed by atoms with Crippen molar-refractivity contribution in [2.45, 2.75) is 26.7 Å². The van der Waals surface area contributed by atoms with Crippen LogP contribution in [0, 0.1) is 23.7 Å². The van der Waals surface area contributed by atoms with Crippen LogP contribution in [0.2, 0.25) is 0 Å². The standard InChI is InChI=1S/C38H38N2O8/c1-3-23-39(25-15-19-29(20-16-25)47-27-11-7-5-8-12-27)35(41)31-32(34(38(45)46)33(31)37(43)44)36(42)40(24-4-2)26-17-21-30(22-18-26)48-28-13-9-6-10-14-28/h5-22,31-34H,3-4,23-24H2,1-2H3,(H,43,44)(H,45,46)/t31-,32-,33-,34-/m0/s1. The fourth-order valence-electron chi connectivity index (χ4n) is 6.15. The Hall–Kier alpha value is -5.64. The van der Waals surface area contributed by atoms with Crippen LogP contribution in [0.15, 0.2) is 109 Å². The van der Waals surface area contributed by atoms with Crippen molar-refractivity contribution in [1.82, 2.24) is 0 Å². The van der Waals surface area contributed by atoms with Gasteiger partial charge in [0.2, 0.25) is 11.8 Å². The zero-order chi connectivity index (χ0) is 34.2. The number of anilines is 2. The van der Waals surface area contributed by atoms with E-state index in [-0.39, 0.29) is 13.1 Å². The third kappa shape index (κ3) is 7.33. The summed E-state index contributed by atoms with van der Waals surface area (Å²) in [5.74, 6) is -7.66. The summed E-state index contributed by atoms with van der Waals surface area (Å²) in [5, 5.41) is 20.3. The molecule has 0 radical (unpaired) electrons. The number of rotatable bonds is 14. The zero-order valence-corrected chi connectivity index (χ0v) is 26.8. The van der Waals surface area contributed by atoms with E-state index in [1.165, 1.54) is 9.80 Å². The van der Waals surface area contributed by atoms with E-state index < -0.39 is 47.4 Å². The molecule has 0 saturated heterocycles. The number of benzene rings is 4. The number of amides is 2. The number of aliphatic carboxylic acids is 2. The average molecular weight is 651 g/mol. The molecule has 0 bridgehead atoms. The molecule has 1 saturated carbocycles. The predicted molar refractivity (Wildman–Crippen MR) is 180 cm³/mol. The summed E-state index contributed by atoms with van der Waals surface area (Å²) in [6, 6.07) is 32.0. The number of carbonyl (C=O) groups excluding carboxylic acids is 2. The molecule has 4 aromatic carbocycles. The van der Waals surface area contributed by atoms with Gasteiger partial charge in [-0.25, -0.2) is 0 Å². The first-order chi connectivity index (χ1) is 23.2. The van der Waals surface area contributed by atoms with Crippen LogP contribution in [-0.4, -0.2) is 47.1 Å². The molecule has 5 rings (SSSR count). The minimum absolute atomic E-state index is 0.237. The predicted octanol–water partition coefficient (Wildman–Crippen LogP) is 7.11. The molecule has 10 nitrogen and oxygen atoms in total. The van der Waals surface area contributed by atoms with E-state index in [2.05, 4.69) is 0 Å². The second-order valence-electron chi connectivity index (χ2n) is 11.6. The fraction of sp³-hybridized carbons (Fsp3) is 0.263. The van der Waals surface area contributed by atoms with Gasteiger partial charge in [0.25, 0.3) is 0 Å². The highest BCUT2D eigenvalue weighted by atomic mass is 16.5. The lowest BCUT2D eigenvalue weighted by molar-refractivity contribution is -0.180. The number of hydrogen-bond donors (Lipinski definition) is 2. The van der Waals surface area contributed by atoms with Crippen molar-refractivity contribution in [3.63, 3.8) is 0 Å². The highest BCUT2D eigenvalue weighted by molar-refractivity contribution is 6.08. The third-order valence-electron chi connectivity index (χ3n) is 8.37. The molecule has 10 heteroatoms. The molecule has 2 N–H and O–H groups in total. The Bertz CT molecular complexity index is 1580. The third-order valence-corrected chi connectivity index (χ3v) is 8.37. The number of carboxylic acids is 2. The van der Waals surface area contributed by atoms with Crippen LogP contribution in [-0.2, 0) is 19.2 Å². The summed E-state index contributed by atoms with van der Waals surface area (Å²) in [6.45, 7) is 4.22. The van der Waals surface area contributed by atoms with Gasteiger partial charge in [-0.05, 0) is 85.6 Å². The van der Waals surface area contributed by atoms with Gasteiger partial charge in [-0.1, -0.05) is 50.2 Å². The Balaban J connectivity index is 1.43. The lowest BCUT2D eigenvalue weighted by Crippen LogP contribution is -2.64. The van der Waals surface area contributed by atoms with Crippen LogP contribution in [0.25, 0.3) is 0 Å². The van der Waals surface area contributed by atoms with Crippen molar-refractivity contribution in [2.24, 2.45) is 23.7 Å². The van der Waals surface area contributed by atoms with Crippen LogP contribution >= 0.6 is 0 Å².